The highest BCUT2D eigenvalue weighted by atomic mass is 35.5. The largest absolute Gasteiger partial charge is 0.506 e. The molecule has 1 aromatic carbocycles. The van der Waals surface area contributed by atoms with Gasteiger partial charge in [-0.3, -0.25) is 4.79 Å². The van der Waals surface area contributed by atoms with E-state index in [1.54, 1.807) is 0 Å². The van der Waals surface area contributed by atoms with E-state index in [4.69, 9.17) is 22.4 Å². The average molecular weight is 232 g/mol. The highest BCUT2D eigenvalue weighted by molar-refractivity contribution is 6.33. The van der Waals surface area contributed by atoms with E-state index in [0.717, 1.165) is 0 Å². The van der Waals surface area contributed by atoms with Crippen LogP contribution >= 0.6 is 11.6 Å². The molecule has 1 aromatic rings. The summed E-state index contributed by atoms with van der Waals surface area (Å²) >= 11 is 5.59. The SMILES string of the molecule is Cc1cc(C(N)C(=O)O)c(O)c(Cl)c1O. The molecule has 0 saturated heterocycles. The van der Waals surface area contributed by atoms with Gasteiger partial charge in [-0.25, -0.2) is 0 Å². The van der Waals surface area contributed by atoms with Crippen LogP contribution in [0.15, 0.2) is 6.07 Å². The number of phenolic OH excluding ortho intramolecular Hbond substituents is 2. The summed E-state index contributed by atoms with van der Waals surface area (Å²) < 4.78 is 0. The lowest BCUT2D eigenvalue weighted by Crippen LogP contribution is -2.20. The van der Waals surface area contributed by atoms with Crippen LogP contribution in [-0.2, 0) is 4.79 Å². The average Bonchev–Trinajstić information content (AvgIpc) is 2.19. The van der Waals surface area contributed by atoms with Crippen LogP contribution in [0.3, 0.4) is 0 Å². The number of aliphatic carboxylic acids is 1. The molecule has 1 rings (SSSR count). The lowest BCUT2D eigenvalue weighted by atomic mass is 10.0. The normalized spacial score (nSPS) is 12.5. The Bertz CT molecular complexity index is 419. The molecule has 0 radical (unpaired) electrons. The molecule has 82 valence electrons. The maximum Gasteiger partial charge on any atom is 0.325 e. The number of carbonyl (C=O) groups is 1. The van der Waals surface area contributed by atoms with Crippen molar-refractivity contribution in [2.45, 2.75) is 13.0 Å². The number of rotatable bonds is 2. The minimum Gasteiger partial charge on any atom is -0.506 e. The number of hydrogen-bond donors (Lipinski definition) is 4. The Labute approximate surface area is 90.7 Å². The van der Waals surface area contributed by atoms with Gasteiger partial charge in [-0.1, -0.05) is 11.6 Å². The quantitative estimate of drug-likeness (QED) is 0.611. The van der Waals surface area contributed by atoms with Crippen molar-refractivity contribution in [1.29, 1.82) is 0 Å². The summed E-state index contributed by atoms with van der Waals surface area (Å²) in [5.74, 6) is -2.07. The van der Waals surface area contributed by atoms with Crippen molar-refractivity contribution in [3.05, 3.63) is 22.2 Å². The zero-order valence-electron chi connectivity index (χ0n) is 7.86. The Morgan fingerprint density at radius 3 is 2.47 bits per heavy atom. The first kappa shape index (κ1) is 11.6. The molecule has 15 heavy (non-hydrogen) atoms. The first-order chi connectivity index (χ1) is 6.86. The van der Waals surface area contributed by atoms with E-state index < -0.39 is 17.8 Å². The number of aromatic hydroxyl groups is 2. The van der Waals surface area contributed by atoms with Crippen molar-refractivity contribution < 1.29 is 20.1 Å². The molecule has 0 bridgehead atoms. The molecule has 0 amide bonds. The van der Waals surface area contributed by atoms with Gasteiger partial charge in [0.15, 0.2) is 0 Å². The Morgan fingerprint density at radius 2 is 2.00 bits per heavy atom. The summed E-state index contributed by atoms with van der Waals surface area (Å²) in [6.07, 6.45) is 0. The maximum absolute atomic E-state index is 10.6. The number of carboxylic acids is 1. The molecule has 0 aliphatic carbocycles. The smallest absolute Gasteiger partial charge is 0.325 e. The van der Waals surface area contributed by atoms with E-state index in [1.807, 2.05) is 0 Å². The Morgan fingerprint density at radius 1 is 1.47 bits per heavy atom. The first-order valence-corrected chi connectivity index (χ1v) is 4.43. The molecule has 0 aromatic heterocycles. The number of phenols is 2. The molecule has 5 N–H and O–H groups in total. The van der Waals surface area contributed by atoms with E-state index in [9.17, 15) is 15.0 Å². The molecule has 0 saturated carbocycles. The van der Waals surface area contributed by atoms with Gasteiger partial charge >= 0.3 is 5.97 Å². The van der Waals surface area contributed by atoms with Gasteiger partial charge in [0, 0.05) is 5.56 Å². The molecule has 0 spiro atoms. The Balaban J connectivity index is 3.38. The lowest BCUT2D eigenvalue weighted by Gasteiger charge is -2.12. The first-order valence-electron chi connectivity index (χ1n) is 4.05. The van der Waals surface area contributed by atoms with Crippen LogP contribution in [0.5, 0.6) is 11.5 Å². The van der Waals surface area contributed by atoms with E-state index in [-0.39, 0.29) is 16.3 Å². The van der Waals surface area contributed by atoms with Crippen LogP contribution in [0.4, 0.5) is 0 Å². The van der Waals surface area contributed by atoms with Gasteiger partial charge in [-0.05, 0) is 18.6 Å². The van der Waals surface area contributed by atoms with E-state index in [0.29, 0.717) is 5.56 Å². The van der Waals surface area contributed by atoms with Crippen molar-refractivity contribution in [2.24, 2.45) is 5.73 Å². The van der Waals surface area contributed by atoms with Gasteiger partial charge in [0.1, 0.15) is 22.6 Å². The second-order valence-corrected chi connectivity index (χ2v) is 3.49. The third kappa shape index (κ3) is 1.98. The lowest BCUT2D eigenvalue weighted by molar-refractivity contribution is -0.138. The van der Waals surface area contributed by atoms with Crippen molar-refractivity contribution in [1.82, 2.24) is 0 Å². The fourth-order valence-electron chi connectivity index (χ4n) is 1.15. The second kappa shape index (κ2) is 3.96. The predicted molar refractivity (Wildman–Crippen MR) is 54.1 cm³/mol. The number of hydrogen-bond acceptors (Lipinski definition) is 4. The van der Waals surface area contributed by atoms with Gasteiger partial charge in [-0.2, -0.15) is 0 Å². The van der Waals surface area contributed by atoms with Gasteiger partial charge in [0.05, 0.1) is 0 Å². The summed E-state index contributed by atoms with van der Waals surface area (Å²) in [6.45, 7) is 1.53. The molecular weight excluding hydrogens is 222 g/mol. The third-order valence-corrected chi connectivity index (χ3v) is 2.39. The van der Waals surface area contributed by atoms with Crippen LogP contribution < -0.4 is 5.73 Å². The molecular formula is C9H10ClNO4. The van der Waals surface area contributed by atoms with Gasteiger partial charge in [0.2, 0.25) is 0 Å². The van der Waals surface area contributed by atoms with Crippen molar-refractivity contribution in [3.8, 4) is 11.5 Å². The number of benzene rings is 1. The van der Waals surface area contributed by atoms with Crippen molar-refractivity contribution in [2.75, 3.05) is 0 Å². The van der Waals surface area contributed by atoms with Gasteiger partial charge in [0.25, 0.3) is 0 Å². The molecule has 0 heterocycles. The molecule has 0 fully saturated rings. The van der Waals surface area contributed by atoms with Crippen LogP contribution in [-0.4, -0.2) is 21.3 Å². The van der Waals surface area contributed by atoms with Crippen molar-refractivity contribution in [3.63, 3.8) is 0 Å². The summed E-state index contributed by atoms with van der Waals surface area (Å²) in [6, 6.07) is -0.0863. The molecule has 5 nitrogen and oxygen atoms in total. The van der Waals surface area contributed by atoms with Crippen LogP contribution in [0.25, 0.3) is 0 Å². The molecule has 6 heteroatoms. The minimum atomic E-state index is -1.37. The monoisotopic (exact) mass is 231 g/mol. The van der Waals surface area contributed by atoms with E-state index >= 15 is 0 Å². The van der Waals surface area contributed by atoms with Gasteiger partial charge in [-0.15, -0.1) is 0 Å². The molecule has 0 aliphatic rings. The summed E-state index contributed by atoms with van der Waals surface area (Å²) in [7, 11) is 0. The molecule has 1 atom stereocenters. The van der Waals surface area contributed by atoms with Crippen LogP contribution in [0, 0.1) is 6.92 Å². The minimum absolute atomic E-state index is 0.0252. The zero-order chi connectivity index (χ0) is 11.7. The highest BCUT2D eigenvalue weighted by Crippen LogP contribution is 2.39. The fourth-order valence-corrected chi connectivity index (χ4v) is 1.41. The molecule has 1 unspecified atom stereocenters. The second-order valence-electron chi connectivity index (χ2n) is 3.11. The van der Waals surface area contributed by atoms with Crippen LogP contribution in [0.2, 0.25) is 5.02 Å². The standard InChI is InChI=1S/C9H10ClNO4/c1-3-2-4(6(11)9(14)15)8(13)5(10)7(3)12/h2,6,12-13H,11H2,1H3,(H,14,15). The summed E-state index contributed by atoms with van der Waals surface area (Å²) in [4.78, 5) is 10.6. The highest BCUT2D eigenvalue weighted by Gasteiger charge is 2.22. The van der Waals surface area contributed by atoms with Crippen LogP contribution in [0.1, 0.15) is 17.2 Å². The van der Waals surface area contributed by atoms with E-state index in [1.165, 1.54) is 13.0 Å². The topological polar surface area (TPSA) is 104 Å². The third-order valence-electron chi connectivity index (χ3n) is 2.04. The van der Waals surface area contributed by atoms with E-state index in [2.05, 4.69) is 0 Å². The van der Waals surface area contributed by atoms with Crippen molar-refractivity contribution >= 4 is 17.6 Å². The Kier molecular flexibility index (Phi) is 3.06. The number of nitrogens with two attached hydrogens (primary N) is 1. The number of carboxylic acid groups (broad SMARTS) is 1. The summed E-state index contributed by atoms with van der Waals surface area (Å²) in [5.41, 5.74) is 5.65. The number of halogens is 1. The van der Waals surface area contributed by atoms with Gasteiger partial charge < -0.3 is 21.1 Å². The summed E-state index contributed by atoms with van der Waals surface area (Å²) in [5, 5.41) is 27.2. The Hall–Kier alpha value is -1.46. The molecule has 0 aliphatic heterocycles. The zero-order valence-corrected chi connectivity index (χ0v) is 8.62. The number of aryl methyl sites for hydroxylation is 1. The maximum atomic E-state index is 10.6. The predicted octanol–water partition coefficient (Wildman–Crippen LogP) is 1.14. The fraction of sp³-hybridized carbons (Fsp3) is 0.222.